The maximum absolute atomic E-state index is 12.8. The fourth-order valence-electron chi connectivity index (χ4n) is 2.56. The molecular formula is C19H16N2O5. The van der Waals surface area contributed by atoms with E-state index < -0.39 is 17.8 Å². The lowest BCUT2D eigenvalue weighted by Crippen LogP contribution is -2.54. The number of imide groups is 2. The molecule has 26 heavy (non-hydrogen) atoms. The Hall–Kier alpha value is -3.61. The summed E-state index contributed by atoms with van der Waals surface area (Å²) < 4.78 is 5.02. The highest BCUT2D eigenvalue weighted by atomic mass is 16.5. The van der Waals surface area contributed by atoms with Gasteiger partial charge in [0.05, 0.1) is 12.8 Å². The molecule has 0 unspecified atom stereocenters. The number of carbonyl (C=O) groups is 3. The van der Waals surface area contributed by atoms with Crippen molar-refractivity contribution in [3.8, 4) is 11.5 Å². The number of aryl methyl sites for hydroxylation is 1. The Morgan fingerprint density at radius 1 is 1.08 bits per heavy atom. The normalized spacial score (nSPS) is 16.0. The van der Waals surface area contributed by atoms with Crippen LogP contribution in [0.2, 0.25) is 0 Å². The fraction of sp³-hybridized carbons (Fsp3) is 0.105. The molecule has 2 N–H and O–H groups in total. The van der Waals surface area contributed by atoms with Gasteiger partial charge in [-0.3, -0.25) is 14.9 Å². The van der Waals surface area contributed by atoms with E-state index in [1.807, 2.05) is 6.92 Å². The van der Waals surface area contributed by atoms with Crippen LogP contribution in [0.15, 0.2) is 48.0 Å². The predicted octanol–water partition coefficient (Wildman–Crippen LogP) is 2.38. The van der Waals surface area contributed by atoms with Crippen molar-refractivity contribution in [1.29, 1.82) is 0 Å². The van der Waals surface area contributed by atoms with E-state index in [0.717, 1.165) is 10.5 Å². The van der Waals surface area contributed by atoms with Gasteiger partial charge in [0.1, 0.15) is 5.57 Å². The van der Waals surface area contributed by atoms with Crippen LogP contribution in [0.5, 0.6) is 11.5 Å². The van der Waals surface area contributed by atoms with Crippen LogP contribution < -0.4 is 15.0 Å². The lowest BCUT2D eigenvalue weighted by atomic mass is 10.1. The quantitative estimate of drug-likeness (QED) is 0.653. The molecule has 0 radical (unpaired) electrons. The molecular weight excluding hydrogens is 336 g/mol. The van der Waals surface area contributed by atoms with Crippen molar-refractivity contribution >= 4 is 29.6 Å². The fourth-order valence-corrected chi connectivity index (χ4v) is 2.56. The number of anilines is 1. The van der Waals surface area contributed by atoms with E-state index in [4.69, 9.17) is 4.74 Å². The van der Waals surface area contributed by atoms with Crippen LogP contribution in [-0.4, -0.2) is 30.1 Å². The second-order valence-corrected chi connectivity index (χ2v) is 5.69. The number of hydrogen-bond acceptors (Lipinski definition) is 5. The first-order valence-corrected chi connectivity index (χ1v) is 7.76. The number of benzene rings is 2. The lowest BCUT2D eigenvalue weighted by molar-refractivity contribution is -0.122. The Morgan fingerprint density at radius 3 is 2.42 bits per heavy atom. The highest BCUT2D eigenvalue weighted by Gasteiger charge is 2.36. The SMILES string of the molecule is COc1cccc(/C=C2\C(=O)NC(=O)N(c3ccc(C)cc3)C2=O)c1O. The molecule has 2 aromatic rings. The van der Waals surface area contributed by atoms with Crippen LogP contribution in [0.3, 0.4) is 0 Å². The van der Waals surface area contributed by atoms with Crippen LogP contribution >= 0.6 is 0 Å². The van der Waals surface area contributed by atoms with Crippen molar-refractivity contribution in [1.82, 2.24) is 5.32 Å². The standard InChI is InChI=1S/C19H16N2O5/c1-11-6-8-13(9-7-11)21-18(24)14(17(23)20-19(21)25)10-12-4-3-5-15(26-2)16(12)22/h3-10,22H,1-2H3,(H,20,23,25)/b14-10+. The van der Waals surface area contributed by atoms with Gasteiger partial charge in [0, 0.05) is 5.56 Å². The first-order chi connectivity index (χ1) is 12.4. The molecule has 7 nitrogen and oxygen atoms in total. The zero-order valence-electron chi connectivity index (χ0n) is 14.1. The van der Waals surface area contributed by atoms with Gasteiger partial charge in [-0.2, -0.15) is 0 Å². The summed E-state index contributed by atoms with van der Waals surface area (Å²) in [5, 5.41) is 12.3. The number of methoxy groups -OCH3 is 1. The highest BCUT2D eigenvalue weighted by Crippen LogP contribution is 2.32. The van der Waals surface area contributed by atoms with Crippen LogP contribution in [0, 0.1) is 6.92 Å². The molecule has 1 saturated heterocycles. The third-order valence-electron chi connectivity index (χ3n) is 3.94. The first kappa shape index (κ1) is 17.2. The molecule has 1 aliphatic rings. The van der Waals surface area contributed by atoms with Crippen LogP contribution in [0.4, 0.5) is 10.5 Å². The summed E-state index contributed by atoms with van der Waals surface area (Å²) in [7, 11) is 1.39. The van der Waals surface area contributed by atoms with E-state index >= 15 is 0 Å². The van der Waals surface area contributed by atoms with Gasteiger partial charge < -0.3 is 9.84 Å². The average molecular weight is 352 g/mol. The summed E-state index contributed by atoms with van der Waals surface area (Å²) >= 11 is 0. The molecule has 3 rings (SSSR count). The molecule has 132 valence electrons. The van der Waals surface area contributed by atoms with Gasteiger partial charge in [-0.1, -0.05) is 29.8 Å². The number of aromatic hydroxyl groups is 1. The Balaban J connectivity index is 2.04. The number of ether oxygens (including phenoxy) is 1. The number of nitrogens with one attached hydrogen (secondary N) is 1. The van der Waals surface area contributed by atoms with Crippen molar-refractivity contribution in [2.45, 2.75) is 6.92 Å². The lowest BCUT2D eigenvalue weighted by Gasteiger charge is -2.26. The molecule has 0 aliphatic carbocycles. The minimum absolute atomic E-state index is 0.203. The van der Waals surface area contributed by atoms with Crippen molar-refractivity contribution in [3.05, 3.63) is 59.2 Å². The summed E-state index contributed by atoms with van der Waals surface area (Å²) in [6.07, 6.45) is 1.23. The van der Waals surface area contributed by atoms with Gasteiger partial charge in [-0.05, 0) is 31.2 Å². The minimum Gasteiger partial charge on any atom is -0.504 e. The summed E-state index contributed by atoms with van der Waals surface area (Å²) in [6.45, 7) is 1.88. The number of carbonyl (C=O) groups excluding carboxylic acids is 3. The molecule has 4 amide bonds. The van der Waals surface area contributed by atoms with Crippen molar-refractivity contribution in [2.24, 2.45) is 0 Å². The molecule has 2 aromatic carbocycles. The molecule has 0 bridgehead atoms. The number of rotatable bonds is 3. The molecule has 1 aliphatic heterocycles. The van der Waals surface area contributed by atoms with E-state index in [1.54, 1.807) is 36.4 Å². The number of phenols is 1. The van der Waals surface area contributed by atoms with Gasteiger partial charge in [0.15, 0.2) is 11.5 Å². The van der Waals surface area contributed by atoms with Gasteiger partial charge in [-0.25, -0.2) is 9.69 Å². The van der Waals surface area contributed by atoms with Crippen molar-refractivity contribution in [3.63, 3.8) is 0 Å². The third kappa shape index (κ3) is 3.02. The molecule has 7 heteroatoms. The molecule has 1 heterocycles. The van der Waals surface area contributed by atoms with E-state index in [0.29, 0.717) is 5.69 Å². The van der Waals surface area contributed by atoms with E-state index in [9.17, 15) is 19.5 Å². The van der Waals surface area contributed by atoms with Crippen molar-refractivity contribution < 1.29 is 24.2 Å². The largest absolute Gasteiger partial charge is 0.504 e. The van der Waals surface area contributed by atoms with Crippen LogP contribution in [-0.2, 0) is 9.59 Å². The van der Waals surface area contributed by atoms with Gasteiger partial charge in [0.2, 0.25) is 0 Å². The van der Waals surface area contributed by atoms with E-state index in [1.165, 1.54) is 19.3 Å². The summed E-state index contributed by atoms with van der Waals surface area (Å²) in [4.78, 5) is 37.9. The second-order valence-electron chi connectivity index (χ2n) is 5.69. The highest BCUT2D eigenvalue weighted by molar-refractivity contribution is 6.39. The summed E-state index contributed by atoms with van der Waals surface area (Å²) in [5.41, 5.74) is 1.26. The zero-order valence-corrected chi connectivity index (χ0v) is 14.1. The maximum Gasteiger partial charge on any atom is 0.335 e. The van der Waals surface area contributed by atoms with Gasteiger partial charge >= 0.3 is 6.03 Å². The monoisotopic (exact) mass is 352 g/mol. The maximum atomic E-state index is 12.8. The number of hydrogen-bond donors (Lipinski definition) is 2. The van der Waals surface area contributed by atoms with E-state index in [2.05, 4.69) is 5.32 Å². The zero-order chi connectivity index (χ0) is 18.8. The third-order valence-corrected chi connectivity index (χ3v) is 3.94. The van der Waals surface area contributed by atoms with Gasteiger partial charge in [-0.15, -0.1) is 0 Å². The van der Waals surface area contributed by atoms with E-state index in [-0.39, 0.29) is 22.6 Å². The van der Waals surface area contributed by atoms with Gasteiger partial charge in [0.25, 0.3) is 11.8 Å². The molecule has 0 atom stereocenters. The predicted molar refractivity (Wildman–Crippen MR) is 94.8 cm³/mol. The van der Waals surface area contributed by atoms with Crippen molar-refractivity contribution in [2.75, 3.05) is 12.0 Å². The second kappa shape index (κ2) is 6.72. The Bertz CT molecular complexity index is 931. The Labute approximate surface area is 149 Å². The topological polar surface area (TPSA) is 95.9 Å². The molecule has 0 spiro atoms. The Morgan fingerprint density at radius 2 is 1.77 bits per heavy atom. The number of amides is 4. The molecule has 1 fully saturated rings. The minimum atomic E-state index is -0.828. The molecule has 0 aromatic heterocycles. The summed E-state index contributed by atoms with van der Waals surface area (Å²) in [6, 6.07) is 10.6. The number of para-hydroxylation sites is 1. The average Bonchev–Trinajstić information content (AvgIpc) is 2.61. The summed E-state index contributed by atoms with van der Waals surface area (Å²) in [5.74, 6) is -1.60. The number of phenolic OH excluding ortho intramolecular Hbond substituents is 1. The molecule has 0 saturated carbocycles. The smallest absolute Gasteiger partial charge is 0.335 e. The number of nitrogens with zero attached hydrogens (tertiary/aromatic N) is 1. The van der Waals surface area contributed by atoms with Crippen LogP contribution in [0.1, 0.15) is 11.1 Å². The number of barbiturate groups is 1. The van der Waals surface area contributed by atoms with Crippen LogP contribution in [0.25, 0.3) is 6.08 Å². The number of urea groups is 1. The first-order valence-electron chi connectivity index (χ1n) is 7.76. The Kier molecular flexibility index (Phi) is 4.45.